The highest BCUT2D eigenvalue weighted by atomic mass is 35.5. The number of aromatic hydroxyl groups is 1. The predicted octanol–water partition coefficient (Wildman–Crippen LogP) is 3.21. The van der Waals surface area contributed by atoms with Crippen molar-refractivity contribution in [1.29, 1.82) is 0 Å². The maximum atomic E-state index is 11.5. The number of anilines is 1. The van der Waals surface area contributed by atoms with Gasteiger partial charge in [-0.25, -0.2) is 4.79 Å². The molecule has 5 nitrogen and oxygen atoms in total. The molecule has 1 aromatic carbocycles. The van der Waals surface area contributed by atoms with Crippen LogP contribution in [0.1, 0.15) is 31.1 Å². The van der Waals surface area contributed by atoms with Crippen molar-refractivity contribution in [3.05, 3.63) is 22.7 Å². The number of phenols is 1. The molecule has 6 heteroatoms. The molecule has 0 atom stereocenters. The second kappa shape index (κ2) is 5.27. The van der Waals surface area contributed by atoms with Gasteiger partial charge in [0.05, 0.1) is 16.3 Å². The molecule has 0 fully saturated rings. The SMILES string of the molecule is CC(C)(C)OC(=O)Nc1cc(O)c(C=O)cc1Cl. The normalized spacial score (nSPS) is 10.9. The summed E-state index contributed by atoms with van der Waals surface area (Å²) in [7, 11) is 0. The molecule has 0 heterocycles. The van der Waals surface area contributed by atoms with Gasteiger partial charge >= 0.3 is 6.09 Å². The number of hydrogen-bond acceptors (Lipinski definition) is 4. The summed E-state index contributed by atoms with van der Waals surface area (Å²) >= 11 is 5.86. The van der Waals surface area contributed by atoms with Crippen molar-refractivity contribution in [3.8, 4) is 5.75 Å². The van der Waals surface area contributed by atoms with E-state index in [4.69, 9.17) is 16.3 Å². The molecule has 98 valence electrons. The van der Waals surface area contributed by atoms with Crippen LogP contribution in [-0.2, 0) is 4.74 Å². The standard InChI is InChI=1S/C12H14ClNO4/c1-12(2,3)18-11(17)14-9-5-10(16)7(6-15)4-8(9)13/h4-6,16H,1-3H3,(H,14,17). The summed E-state index contributed by atoms with van der Waals surface area (Å²) < 4.78 is 5.03. The van der Waals surface area contributed by atoms with Crippen molar-refractivity contribution in [2.24, 2.45) is 0 Å². The van der Waals surface area contributed by atoms with Gasteiger partial charge in [-0.2, -0.15) is 0 Å². The number of hydrogen-bond donors (Lipinski definition) is 2. The van der Waals surface area contributed by atoms with Gasteiger partial charge in [-0.05, 0) is 26.8 Å². The van der Waals surface area contributed by atoms with Crippen molar-refractivity contribution in [3.63, 3.8) is 0 Å². The van der Waals surface area contributed by atoms with Crippen molar-refractivity contribution < 1.29 is 19.4 Å². The molecular formula is C12H14ClNO4. The lowest BCUT2D eigenvalue weighted by atomic mass is 10.2. The van der Waals surface area contributed by atoms with E-state index in [0.717, 1.165) is 0 Å². The number of carbonyl (C=O) groups is 2. The fraction of sp³-hybridized carbons (Fsp3) is 0.333. The number of carbonyl (C=O) groups excluding carboxylic acids is 2. The molecule has 2 N–H and O–H groups in total. The molecular weight excluding hydrogens is 258 g/mol. The first-order valence-electron chi connectivity index (χ1n) is 5.20. The van der Waals surface area contributed by atoms with Crippen LogP contribution in [0.2, 0.25) is 5.02 Å². The Morgan fingerprint density at radius 2 is 2.06 bits per heavy atom. The Bertz CT molecular complexity index is 480. The molecule has 0 unspecified atom stereocenters. The lowest BCUT2D eigenvalue weighted by molar-refractivity contribution is 0.0636. The summed E-state index contributed by atoms with van der Waals surface area (Å²) in [5, 5.41) is 12.0. The molecule has 1 amide bonds. The van der Waals surface area contributed by atoms with Crippen LogP contribution in [0, 0.1) is 0 Å². The number of rotatable bonds is 2. The Labute approximate surface area is 110 Å². The van der Waals surface area contributed by atoms with E-state index in [2.05, 4.69) is 5.32 Å². The Balaban J connectivity index is 2.89. The van der Waals surface area contributed by atoms with Gasteiger partial charge in [0.2, 0.25) is 0 Å². The molecule has 0 aliphatic heterocycles. The van der Waals surface area contributed by atoms with Crippen LogP contribution in [0.4, 0.5) is 10.5 Å². The van der Waals surface area contributed by atoms with Crippen molar-refractivity contribution in [2.75, 3.05) is 5.32 Å². The summed E-state index contributed by atoms with van der Waals surface area (Å²) in [5.74, 6) is -0.263. The number of amides is 1. The number of phenolic OH excluding ortho intramolecular Hbond substituents is 1. The van der Waals surface area contributed by atoms with E-state index in [-0.39, 0.29) is 22.0 Å². The van der Waals surface area contributed by atoms with Crippen LogP contribution in [0.25, 0.3) is 0 Å². The Morgan fingerprint density at radius 1 is 1.44 bits per heavy atom. The van der Waals surface area contributed by atoms with Gasteiger partial charge in [-0.1, -0.05) is 11.6 Å². The Kier molecular flexibility index (Phi) is 4.19. The molecule has 0 spiro atoms. The molecule has 0 saturated carbocycles. The van der Waals surface area contributed by atoms with E-state index in [1.165, 1.54) is 12.1 Å². The van der Waals surface area contributed by atoms with E-state index in [0.29, 0.717) is 6.29 Å². The third kappa shape index (κ3) is 3.92. The highest BCUT2D eigenvalue weighted by Gasteiger charge is 2.17. The van der Waals surface area contributed by atoms with Gasteiger partial charge in [0.25, 0.3) is 0 Å². The lowest BCUT2D eigenvalue weighted by Crippen LogP contribution is -2.27. The van der Waals surface area contributed by atoms with Gasteiger partial charge in [0.1, 0.15) is 11.4 Å². The van der Waals surface area contributed by atoms with Gasteiger partial charge in [-0.15, -0.1) is 0 Å². The van der Waals surface area contributed by atoms with Gasteiger partial charge in [0.15, 0.2) is 6.29 Å². The summed E-state index contributed by atoms with van der Waals surface area (Å²) in [5.41, 5.74) is -0.412. The van der Waals surface area contributed by atoms with Crippen molar-refractivity contribution in [2.45, 2.75) is 26.4 Å². The van der Waals surface area contributed by atoms with Gasteiger partial charge in [0, 0.05) is 6.07 Å². The number of halogens is 1. The second-order valence-electron chi connectivity index (χ2n) is 4.64. The van der Waals surface area contributed by atoms with Crippen molar-refractivity contribution in [1.82, 2.24) is 0 Å². The van der Waals surface area contributed by atoms with E-state index in [1.54, 1.807) is 20.8 Å². The molecule has 18 heavy (non-hydrogen) atoms. The summed E-state index contributed by atoms with van der Waals surface area (Å²) in [6.45, 7) is 5.17. The fourth-order valence-electron chi connectivity index (χ4n) is 1.18. The monoisotopic (exact) mass is 271 g/mol. The third-order valence-corrected chi connectivity index (χ3v) is 2.19. The largest absolute Gasteiger partial charge is 0.507 e. The minimum absolute atomic E-state index is 0.0507. The van der Waals surface area contributed by atoms with Crippen LogP contribution in [-0.4, -0.2) is 23.1 Å². The maximum absolute atomic E-state index is 11.5. The number of ether oxygens (including phenoxy) is 1. The average molecular weight is 272 g/mol. The van der Waals surface area contributed by atoms with Crippen LogP contribution < -0.4 is 5.32 Å². The molecule has 1 aromatic rings. The molecule has 0 aromatic heterocycles. The summed E-state index contributed by atoms with van der Waals surface area (Å²) in [6, 6.07) is 2.45. The predicted molar refractivity (Wildman–Crippen MR) is 68.4 cm³/mol. The molecule has 0 aliphatic rings. The number of aldehydes is 1. The first-order valence-corrected chi connectivity index (χ1v) is 5.58. The van der Waals surface area contributed by atoms with E-state index < -0.39 is 11.7 Å². The minimum atomic E-state index is -0.692. The minimum Gasteiger partial charge on any atom is -0.507 e. The number of benzene rings is 1. The van der Waals surface area contributed by atoms with E-state index >= 15 is 0 Å². The third-order valence-electron chi connectivity index (χ3n) is 1.88. The second-order valence-corrected chi connectivity index (χ2v) is 5.04. The fourth-order valence-corrected chi connectivity index (χ4v) is 1.40. The zero-order chi connectivity index (χ0) is 13.9. The van der Waals surface area contributed by atoms with Crippen LogP contribution in [0.15, 0.2) is 12.1 Å². The zero-order valence-corrected chi connectivity index (χ0v) is 11.0. The molecule has 0 radical (unpaired) electrons. The highest BCUT2D eigenvalue weighted by molar-refractivity contribution is 6.34. The van der Waals surface area contributed by atoms with Crippen LogP contribution >= 0.6 is 11.6 Å². The Morgan fingerprint density at radius 3 is 2.56 bits per heavy atom. The van der Waals surface area contributed by atoms with Gasteiger partial charge < -0.3 is 9.84 Å². The maximum Gasteiger partial charge on any atom is 0.412 e. The lowest BCUT2D eigenvalue weighted by Gasteiger charge is -2.20. The average Bonchev–Trinajstić information content (AvgIpc) is 2.20. The molecule has 0 bridgehead atoms. The highest BCUT2D eigenvalue weighted by Crippen LogP contribution is 2.29. The number of nitrogens with one attached hydrogen (secondary N) is 1. The first kappa shape index (κ1) is 14.3. The molecule has 1 rings (SSSR count). The first-order chi connectivity index (χ1) is 8.23. The van der Waals surface area contributed by atoms with Crippen LogP contribution in [0.3, 0.4) is 0 Å². The quantitative estimate of drug-likeness (QED) is 0.810. The van der Waals surface area contributed by atoms with E-state index in [1.807, 2.05) is 0 Å². The topological polar surface area (TPSA) is 75.6 Å². The van der Waals surface area contributed by atoms with Gasteiger partial charge in [-0.3, -0.25) is 10.1 Å². The Hall–Kier alpha value is -1.75. The van der Waals surface area contributed by atoms with Crippen LogP contribution in [0.5, 0.6) is 5.75 Å². The molecule has 0 saturated heterocycles. The molecule has 0 aliphatic carbocycles. The van der Waals surface area contributed by atoms with Crippen molar-refractivity contribution >= 4 is 29.7 Å². The van der Waals surface area contributed by atoms with E-state index in [9.17, 15) is 14.7 Å². The summed E-state index contributed by atoms with van der Waals surface area (Å²) in [4.78, 5) is 22.1. The summed E-state index contributed by atoms with van der Waals surface area (Å²) in [6.07, 6.45) is -0.221. The smallest absolute Gasteiger partial charge is 0.412 e. The zero-order valence-electron chi connectivity index (χ0n) is 10.3.